The molecule has 0 bridgehead atoms. The van der Waals surface area contributed by atoms with Crippen molar-refractivity contribution in [3.05, 3.63) is 59.2 Å². The molecule has 1 heterocycles. The molecule has 0 saturated carbocycles. The Morgan fingerprint density at radius 3 is 2.95 bits per heavy atom. The fraction of sp³-hybridized carbons (Fsp3) is 0.200. The summed E-state index contributed by atoms with van der Waals surface area (Å²) in [7, 11) is 1.78. The van der Waals surface area contributed by atoms with E-state index in [0.717, 1.165) is 5.56 Å². The molecule has 0 aliphatic heterocycles. The lowest BCUT2D eigenvalue weighted by molar-refractivity contribution is 0.301. The molecule has 0 aliphatic carbocycles. The number of benzene rings is 1. The van der Waals surface area contributed by atoms with Crippen LogP contribution in [-0.2, 0) is 13.2 Å². The Kier molecular flexibility index (Phi) is 4.64. The van der Waals surface area contributed by atoms with Gasteiger partial charge in [-0.2, -0.15) is 5.26 Å². The zero-order chi connectivity index (χ0) is 14.4. The Balaban J connectivity index is 2.17. The van der Waals surface area contributed by atoms with E-state index >= 15 is 0 Å². The average molecular weight is 271 g/mol. The highest BCUT2D eigenvalue weighted by atomic mass is 19.1. The van der Waals surface area contributed by atoms with Crippen molar-refractivity contribution in [3.8, 4) is 11.8 Å². The first-order chi connectivity index (χ1) is 9.74. The van der Waals surface area contributed by atoms with Crippen molar-refractivity contribution in [1.82, 2.24) is 10.3 Å². The van der Waals surface area contributed by atoms with E-state index in [9.17, 15) is 4.39 Å². The monoisotopic (exact) mass is 271 g/mol. The van der Waals surface area contributed by atoms with Crippen LogP contribution >= 0.6 is 0 Å². The summed E-state index contributed by atoms with van der Waals surface area (Å²) in [4.78, 5) is 3.97. The highest BCUT2D eigenvalue weighted by Crippen LogP contribution is 2.21. The van der Waals surface area contributed by atoms with Gasteiger partial charge in [-0.15, -0.1) is 0 Å². The quantitative estimate of drug-likeness (QED) is 0.907. The normalized spacial score (nSPS) is 10.1. The minimum Gasteiger partial charge on any atom is -0.488 e. The molecule has 1 aromatic carbocycles. The average Bonchev–Trinajstić information content (AvgIpc) is 2.47. The van der Waals surface area contributed by atoms with Crippen molar-refractivity contribution in [2.75, 3.05) is 7.05 Å². The van der Waals surface area contributed by atoms with Crippen LogP contribution in [0.4, 0.5) is 4.39 Å². The predicted molar refractivity (Wildman–Crippen MR) is 72.4 cm³/mol. The maximum atomic E-state index is 13.2. The number of aromatic nitrogens is 1. The van der Waals surface area contributed by atoms with Gasteiger partial charge in [-0.05, 0) is 31.3 Å². The second-order valence-electron chi connectivity index (χ2n) is 4.19. The maximum absolute atomic E-state index is 13.2. The zero-order valence-corrected chi connectivity index (χ0v) is 11.1. The van der Waals surface area contributed by atoms with E-state index in [4.69, 9.17) is 10.00 Å². The van der Waals surface area contributed by atoms with Gasteiger partial charge in [0.15, 0.2) is 0 Å². The largest absolute Gasteiger partial charge is 0.488 e. The summed E-state index contributed by atoms with van der Waals surface area (Å²) in [5, 5.41) is 11.9. The second kappa shape index (κ2) is 6.64. The lowest BCUT2D eigenvalue weighted by atomic mass is 10.2. The van der Waals surface area contributed by atoms with Crippen LogP contribution in [0.5, 0.6) is 5.75 Å². The lowest BCUT2D eigenvalue weighted by Crippen LogP contribution is -2.08. The highest BCUT2D eigenvalue weighted by molar-refractivity contribution is 5.35. The summed E-state index contributed by atoms with van der Waals surface area (Å²) >= 11 is 0. The summed E-state index contributed by atoms with van der Waals surface area (Å²) in [5.74, 6) is 0.287. The molecule has 1 N–H and O–H groups in total. The molecule has 4 nitrogen and oxygen atoms in total. The fourth-order valence-electron chi connectivity index (χ4n) is 1.83. The molecule has 0 spiro atoms. The third kappa shape index (κ3) is 3.31. The third-order valence-corrected chi connectivity index (χ3v) is 2.77. The third-order valence-electron chi connectivity index (χ3n) is 2.77. The van der Waals surface area contributed by atoms with Crippen LogP contribution in [0.25, 0.3) is 0 Å². The first kappa shape index (κ1) is 14.0. The predicted octanol–water partition coefficient (Wildman–Crippen LogP) is 2.39. The molecule has 20 heavy (non-hydrogen) atoms. The van der Waals surface area contributed by atoms with E-state index in [1.807, 2.05) is 6.07 Å². The van der Waals surface area contributed by atoms with Crippen LogP contribution in [0.15, 0.2) is 36.5 Å². The SMILES string of the molecule is CNCc1cc(F)ccc1OCc1cccnc1C#N. The molecule has 0 aliphatic rings. The Hall–Kier alpha value is -2.45. The summed E-state index contributed by atoms with van der Waals surface area (Å²) in [5.41, 5.74) is 1.77. The zero-order valence-electron chi connectivity index (χ0n) is 11.1. The van der Waals surface area contributed by atoms with E-state index < -0.39 is 0 Å². The number of nitrogens with zero attached hydrogens (tertiary/aromatic N) is 2. The molecule has 0 amide bonds. The van der Waals surface area contributed by atoms with Crippen molar-refractivity contribution in [2.24, 2.45) is 0 Å². The van der Waals surface area contributed by atoms with E-state index in [1.54, 1.807) is 31.4 Å². The van der Waals surface area contributed by atoms with Crippen LogP contribution in [0.1, 0.15) is 16.8 Å². The Labute approximate surface area is 116 Å². The number of pyridine rings is 1. The molecule has 2 aromatic rings. The molecule has 102 valence electrons. The van der Waals surface area contributed by atoms with Gasteiger partial charge in [-0.1, -0.05) is 6.07 Å². The van der Waals surface area contributed by atoms with Crippen molar-refractivity contribution in [2.45, 2.75) is 13.2 Å². The number of nitriles is 1. The molecule has 0 saturated heterocycles. The highest BCUT2D eigenvalue weighted by Gasteiger charge is 2.07. The molecule has 0 radical (unpaired) electrons. The Morgan fingerprint density at radius 1 is 1.35 bits per heavy atom. The van der Waals surface area contributed by atoms with Gasteiger partial charge in [0.2, 0.25) is 0 Å². The maximum Gasteiger partial charge on any atom is 0.147 e. The van der Waals surface area contributed by atoms with Gasteiger partial charge in [0.1, 0.15) is 29.9 Å². The van der Waals surface area contributed by atoms with Gasteiger partial charge >= 0.3 is 0 Å². The number of halogens is 1. The van der Waals surface area contributed by atoms with E-state index in [1.165, 1.54) is 12.1 Å². The van der Waals surface area contributed by atoms with Gasteiger partial charge < -0.3 is 10.1 Å². The molecule has 0 unspecified atom stereocenters. The van der Waals surface area contributed by atoms with Crippen molar-refractivity contribution in [1.29, 1.82) is 5.26 Å². The van der Waals surface area contributed by atoms with Crippen molar-refractivity contribution >= 4 is 0 Å². The smallest absolute Gasteiger partial charge is 0.147 e. The Morgan fingerprint density at radius 2 is 2.20 bits per heavy atom. The van der Waals surface area contributed by atoms with Crippen LogP contribution in [0, 0.1) is 17.1 Å². The summed E-state index contributed by atoms with van der Waals surface area (Å²) in [6.45, 7) is 0.727. The van der Waals surface area contributed by atoms with Gasteiger partial charge in [0.05, 0.1) is 0 Å². The molecular weight excluding hydrogens is 257 g/mol. The van der Waals surface area contributed by atoms with Gasteiger partial charge in [0, 0.05) is 23.9 Å². The van der Waals surface area contributed by atoms with Crippen LogP contribution in [-0.4, -0.2) is 12.0 Å². The van der Waals surface area contributed by atoms with Crippen LogP contribution < -0.4 is 10.1 Å². The minimum atomic E-state index is -0.304. The number of hydrogen-bond donors (Lipinski definition) is 1. The van der Waals surface area contributed by atoms with Crippen molar-refractivity contribution < 1.29 is 9.13 Å². The molecule has 0 fully saturated rings. The molecule has 2 rings (SSSR count). The first-order valence-corrected chi connectivity index (χ1v) is 6.14. The second-order valence-corrected chi connectivity index (χ2v) is 4.19. The Bertz CT molecular complexity index is 637. The molecular formula is C15H14FN3O. The number of hydrogen-bond acceptors (Lipinski definition) is 4. The topological polar surface area (TPSA) is 57.9 Å². The van der Waals surface area contributed by atoms with Gasteiger partial charge in [0.25, 0.3) is 0 Å². The summed E-state index contributed by atoms with van der Waals surface area (Å²) in [6, 6.07) is 9.92. The first-order valence-electron chi connectivity index (χ1n) is 6.14. The minimum absolute atomic E-state index is 0.221. The van der Waals surface area contributed by atoms with E-state index in [-0.39, 0.29) is 12.4 Å². The van der Waals surface area contributed by atoms with Crippen LogP contribution in [0.2, 0.25) is 0 Å². The lowest BCUT2D eigenvalue weighted by Gasteiger charge is -2.12. The van der Waals surface area contributed by atoms with Gasteiger partial charge in [-0.3, -0.25) is 0 Å². The number of rotatable bonds is 5. The molecule has 0 atom stereocenters. The van der Waals surface area contributed by atoms with Gasteiger partial charge in [-0.25, -0.2) is 9.37 Å². The van der Waals surface area contributed by atoms with Crippen LogP contribution in [0.3, 0.4) is 0 Å². The summed E-state index contributed by atoms with van der Waals surface area (Å²) in [6.07, 6.45) is 1.56. The summed E-state index contributed by atoms with van der Waals surface area (Å²) < 4.78 is 18.9. The van der Waals surface area contributed by atoms with E-state index in [2.05, 4.69) is 10.3 Å². The molecule has 5 heteroatoms. The standard InChI is InChI=1S/C15H14FN3O/c1-18-9-12-7-13(16)4-5-15(12)20-10-11-3-2-6-19-14(11)8-17/h2-7,18H,9-10H2,1H3. The van der Waals surface area contributed by atoms with Crippen molar-refractivity contribution in [3.63, 3.8) is 0 Å². The van der Waals surface area contributed by atoms with E-state index in [0.29, 0.717) is 23.6 Å². The number of ether oxygens (including phenoxy) is 1. The molecule has 1 aromatic heterocycles. The number of nitrogens with one attached hydrogen (secondary N) is 1. The fourth-order valence-corrected chi connectivity index (χ4v) is 1.83.